The van der Waals surface area contributed by atoms with Crippen molar-refractivity contribution in [3.63, 3.8) is 0 Å². The highest BCUT2D eigenvalue weighted by Crippen LogP contribution is 2.21. The molecule has 0 amide bonds. The van der Waals surface area contributed by atoms with E-state index in [1.165, 1.54) is 18.5 Å². The van der Waals surface area contributed by atoms with Crippen molar-refractivity contribution in [2.45, 2.75) is 31.8 Å². The summed E-state index contributed by atoms with van der Waals surface area (Å²) < 4.78 is 1.89. The first-order valence-electron chi connectivity index (χ1n) is 7.29. The van der Waals surface area contributed by atoms with E-state index in [2.05, 4.69) is 53.6 Å². The number of benzene rings is 1. The third-order valence-corrected chi connectivity index (χ3v) is 4.19. The summed E-state index contributed by atoms with van der Waals surface area (Å²) in [5.41, 5.74) is 2.28. The lowest BCUT2D eigenvalue weighted by Crippen LogP contribution is -2.42. The number of hydrogen-bond acceptors (Lipinski definition) is 3. The molecule has 0 bridgehead atoms. The van der Waals surface area contributed by atoms with Crippen LogP contribution < -0.4 is 5.32 Å². The Morgan fingerprint density at radius 3 is 2.95 bits per heavy atom. The smallest absolute Gasteiger partial charge is 0.0666 e. The zero-order valence-corrected chi connectivity index (χ0v) is 12.2. The van der Waals surface area contributed by atoms with Gasteiger partial charge in [0, 0.05) is 36.7 Å². The molecule has 3 rings (SSSR count). The molecule has 1 aromatic heterocycles. The Balaban J connectivity index is 1.70. The molecule has 0 aliphatic carbocycles. The van der Waals surface area contributed by atoms with Crippen LogP contribution in [0.3, 0.4) is 0 Å². The number of nitrogens with zero attached hydrogens (tertiary/aromatic N) is 3. The van der Waals surface area contributed by atoms with E-state index in [1.807, 2.05) is 16.9 Å². The van der Waals surface area contributed by atoms with E-state index in [-0.39, 0.29) is 0 Å². The van der Waals surface area contributed by atoms with Crippen LogP contribution in [0.25, 0.3) is 5.69 Å². The van der Waals surface area contributed by atoms with Crippen LogP contribution >= 0.6 is 0 Å². The zero-order valence-electron chi connectivity index (χ0n) is 12.2. The van der Waals surface area contributed by atoms with Gasteiger partial charge >= 0.3 is 0 Å². The Bertz CT molecular complexity index is 549. The van der Waals surface area contributed by atoms with Crippen LogP contribution in [0.5, 0.6) is 0 Å². The van der Waals surface area contributed by atoms with Gasteiger partial charge in [-0.25, -0.2) is 4.68 Å². The first-order chi connectivity index (χ1) is 9.72. The van der Waals surface area contributed by atoms with E-state index >= 15 is 0 Å². The lowest BCUT2D eigenvalue weighted by atomic mass is 9.98. The molecule has 1 aliphatic heterocycles. The summed E-state index contributed by atoms with van der Waals surface area (Å²) in [7, 11) is 2.21. The minimum atomic E-state index is 0.564. The van der Waals surface area contributed by atoms with Gasteiger partial charge < -0.3 is 10.2 Å². The van der Waals surface area contributed by atoms with Crippen LogP contribution in [0.1, 0.15) is 19.8 Å². The monoisotopic (exact) mass is 270 g/mol. The number of rotatable bonds is 3. The Morgan fingerprint density at radius 1 is 1.30 bits per heavy atom. The van der Waals surface area contributed by atoms with E-state index in [0.717, 1.165) is 12.2 Å². The van der Waals surface area contributed by atoms with Crippen LogP contribution in [-0.4, -0.2) is 40.4 Å². The first kappa shape index (κ1) is 13.2. The van der Waals surface area contributed by atoms with E-state index < -0.39 is 0 Å². The van der Waals surface area contributed by atoms with Crippen LogP contribution in [0.4, 0.5) is 5.69 Å². The molecule has 1 saturated heterocycles. The maximum absolute atomic E-state index is 4.28. The van der Waals surface area contributed by atoms with Gasteiger partial charge in [0.05, 0.1) is 5.69 Å². The minimum Gasteiger partial charge on any atom is -0.382 e. The van der Waals surface area contributed by atoms with Gasteiger partial charge in [-0.15, -0.1) is 0 Å². The average Bonchev–Trinajstić information content (AvgIpc) is 2.97. The Morgan fingerprint density at radius 2 is 2.20 bits per heavy atom. The summed E-state index contributed by atoms with van der Waals surface area (Å²) >= 11 is 0. The summed E-state index contributed by atoms with van der Waals surface area (Å²) in [5, 5.41) is 7.94. The number of aromatic nitrogens is 2. The fourth-order valence-electron chi connectivity index (χ4n) is 2.82. The maximum atomic E-state index is 4.28. The van der Waals surface area contributed by atoms with Crippen LogP contribution in [0.15, 0.2) is 42.7 Å². The quantitative estimate of drug-likeness (QED) is 0.931. The van der Waals surface area contributed by atoms with Gasteiger partial charge in [-0.2, -0.15) is 5.10 Å². The molecule has 2 heterocycles. The fraction of sp³-hybridized carbons (Fsp3) is 0.438. The summed E-state index contributed by atoms with van der Waals surface area (Å²) in [5.74, 6) is 0. The van der Waals surface area contributed by atoms with Crippen LogP contribution in [0, 0.1) is 0 Å². The molecule has 1 aromatic carbocycles. The number of nitrogens with one attached hydrogen (secondary N) is 1. The van der Waals surface area contributed by atoms with E-state index in [1.54, 1.807) is 6.20 Å². The number of anilines is 1. The second-order valence-corrected chi connectivity index (χ2v) is 5.70. The van der Waals surface area contributed by atoms with Crippen molar-refractivity contribution in [3.8, 4) is 5.69 Å². The van der Waals surface area contributed by atoms with Crippen molar-refractivity contribution in [3.05, 3.63) is 42.7 Å². The summed E-state index contributed by atoms with van der Waals surface area (Å²) in [6.07, 6.45) is 6.17. The lowest BCUT2D eigenvalue weighted by molar-refractivity contribution is 0.190. The normalized spacial score (nSPS) is 23.7. The van der Waals surface area contributed by atoms with Crippen LogP contribution in [-0.2, 0) is 0 Å². The second kappa shape index (κ2) is 5.67. The molecule has 0 radical (unpaired) electrons. The highest BCUT2D eigenvalue weighted by atomic mass is 15.3. The van der Waals surface area contributed by atoms with Crippen molar-refractivity contribution in [1.29, 1.82) is 0 Å². The van der Waals surface area contributed by atoms with E-state index in [4.69, 9.17) is 0 Å². The van der Waals surface area contributed by atoms with Gasteiger partial charge in [0.1, 0.15) is 0 Å². The molecule has 1 aliphatic rings. The molecule has 20 heavy (non-hydrogen) atoms. The second-order valence-electron chi connectivity index (χ2n) is 5.70. The molecule has 2 aromatic rings. The standard InChI is InChI=1S/C16H22N4/c1-13-11-15(7-10-19(13)2)18-14-5-3-6-16(12-14)20-9-4-8-17-20/h3-6,8-9,12-13,15,18H,7,10-11H2,1-2H3. The summed E-state index contributed by atoms with van der Waals surface area (Å²) in [4.78, 5) is 2.43. The molecule has 106 valence electrons. The Kier molecular flexibility index (Phi) is 3.74. The van der Waals surface area contributed by atoms with Crippen molar-refractivity contribution in [2.75, 3.05) is 18.9 Å². The lowest BCUT2D eigenvalue weighted by Gasteiger charge is -2.35. The molecular weight excluding hydrogens is 248 g/mol. The van der Waals surface area contributed by atoms with Crippen molar-refractivity contribution in [1.82, 2.24) is 14.7 Å². The molecule has 2 atom stereocenters. The van der Waals surface area contributed by atoms with Crippen molar-refractivity contribution >= 4 is 5.69 Å². The molecule has 2 unspecified atom stereocenters. The highest BCUT2D eigenvalue weighted by molar-refractivity contribution is 5.51. The molecular formula is C16H22N4. The third-order valence-electron chi connectivity index (χ3n) is 4.19. The van der Waals surface area contributed by atoms with Gasteiger partial charge in [0.25, 0.3) is 0 Å². The molecule has 1 fully saturated rings. The highest BCUT2D eigenvalue weighted by Gasteiger charge is 2.22. The molecule has 4 heteroatoms. The van der Waals surface area contributed by atoms with Crippen LogP contribution in [0.2, 0.25) is 0 Å². The largest absolute Gasteiger partial charge is 0.382 e. The Labute approximate surface area is 120 Å². The molecule has 1 N–H and O–H groups in total. The van der Waals surface area contributed by atoms with E-state index in [9.17, 15) is 0 Å². The van der Waals surface area contributed by atoms with Gasteiger partial charge in [0.2, 0.25) is 0 Å². The maximum Gasteiger partial charge on any atom is 0.0666 e. The topological polar surface area (TPSA) is 33.1 Å². The third kappa shape index (κ3) is 2.85. The number of piperidine rings is 1. The summed E-state index contributed by atoms with van der Waals surface area (Å²) in [6, 6.07) is 11.6. The van der Waals surface area contributed by atoms with Gasteiger partial charge in [-0.3, -0.25) is 0 Å². The fourth-order valence-corrected chi connectivity index (χ4v) is 2.82. The summed E-state index contributed by atoms with van der Waals surface area (Å²) in [6.45, 7) is 3.46. The molecule has 0 spiro atoms. The SMILES string of the molecule is CC1CC(Nc2cccc(-n3cccn3)c2)CCN1C. The predicted octanol–water partition coefficient (Wildman–Crippen LogP) is 2.77. The van der Waals surface area contributed by atoms with Gasteiger partial charge in [0.15, 0.2) is 0 Å². The Hall–Kier alpha value is -1.81. The number of hydrogen-bond donors (Lipinski definition) is 1. The van der Waals surface area contributed by atoms with E-state index in [0.29, 0.717) is 12.1 Å². The minimum absolute atomic E-state index is 0.564. The van der Waals surface area contributed by atoms with Gasteiger partial charge in [-0.1, -0.05) is 6.07 Å². The van der Waals surface area contributed by atoms with Crippen molar-refractivity contribution < 1.29 is 0 Å². The first-order valence-corrected chi connectivity index (χ1v) is 7.29. The zero-order chi connectivity index (χ0) is 13.9. The van der Waals surface area contributed by atoms with Crippen molar-refractivity contribution in [2.24, 2.45) is 0 Å². The number of likely N-dealkylation sites (tertiary alicyclic amines) is 1. The predicted molar refractivity (Wildman–Crippen MR) is 82.3 cm³/mol. The molecule has 0 saturated carbocycles. The molecule has 4 nitrogen and oxygen atoms in total. The van der Waals surface area contributed by atoms with Gasteiger partial charge in [-0.05, 0) is 51.1 Å². The average molecular weight is 270 g/mol.